The summed E-state index contributed by atoms with van der Waals surface area (Å²) >= 11 is 0. The minimum absolute atomic E-state index is 0.339. The Morgan fingerprint density at radius 1 is 0.722 bits per heavy atom. The molecular formula is C14H13N2OP. The van der Waals surface area contributed by atoms with Crippen molar-refractivity contribution in [2.45, 2.75) is 0 Å². The number of hydrogen-bond acceptors (Lipinski definition) is 1. The summed E-state index contributed by atoms with van der Waals surface area (Å²) in [6, 6.07) is 15.5. The van der Waals surface area contributed by atoms with Gasteiger partial charge in [-0.15, -0.1) is 0 Å². The summed E-state index contributed by atoms with van der Waals surface area (Å²) in [4.78, 5) is 0. The largest absolute Gasteiger partial charge is 0.507 e. The van der Waals surface area contributed by atoms with Crippen molar-refractivity contribution in [2.24, 2.45) is 0 Å². The number of aromatic nitrogens is 2. The van der Waals surface area contributed by atoms with Crippen molar-refractivity contribution in [1.82, 2.24) is 8.68 Å². The first-order valence-corrected chi connectivity index (χ1v) is 6.95. The summed E-state index contributed by atoms with van der Waals surface area (Å²) in [5.41, 5.74) is 0. The highest BCUT2D eigenvalue weighted by molar-refractivity contribution is 7.62. The molecule has 0 saturated heterocycles. The first kappa shape index (κ1) is 11.1. The fourth-order valence-electron chi connectivity index (χ4n) is 1.90. The highest BCUT2D eigenvalue weighted by Crippen LogP contribution is 2.40. The number of nitrogens with zero attached hydrogens (tertiary/aromatic N) is 2. The van der Waals surface area contributed by atoms with Gasteiger partial charge in [-0.05, 0) is 36.4 Å². The van der Waals surface area contributed by atoms with Crippen LogP contribution in [-0.2, 0) is 0 Å². The van der Waals surface area contributed by atoms with Gasteiger partial charge in [0.25, 0.3) is 0 Å². The van der Waals surface area contributed by atoms with Crippen molar-refractivity contribution < 1.29 is 5.11 Å². The van der Waals surface area contributed by atoms with E-state index in [2.05, 4.69) is 8.68 Å². The average molecular weight is 256 g/mol. The Morgan fingerprint density at radius 3 is 1.72 bits per heavy atom. The fraction of sp³-hybridized carbons (Fsp3) is 0. The van der Waals surface area contributed by atoms with Crippen molar-refractivity contribution in [2.75, 3.05) is 0 Å². The molecule has 0 atom stereocenters. The lowest BCUT2D eigenvalue weighted by atomic mass is 10.3. The standard InChI is InChI=1S/C14H13N2OP/c17-13-7-1-2-8-14(13)18(15-9-3-4-10-15)16-11-5-6-12-16/h1-12,17H. The van der Waals surface area contributed by atoms with Crippen molar-refractivity contribution in [3.05, 3.63) is 73.3 Å². The number of phenolic OH excluding ortho intramolecular Hbond substituents is 1. The van der Waals surface area contributed by atoms with E-state index in [-0.39, 0.29) is 0 Å². The lowest BCUT2D eigenvalue weighted by Crippen LogP contribution is -2.11. The Kier molecular flexibility index (Phi) is 2.91. The van der Waals surface area contributed by atoms with Gasteiger partial charge in [-0.1, -0.05) is 12.1 Å². The third-order valence-electron chi connectivity index (χ3n) is 2.71. The van der Waals surface area contributed by atoms with E-state index < -0.39 is 8.22 Å². The molecule has 0 amide bonds. The van der Waals surface area contributed by atoms with Crippen LogP contribution >= 0.6 is 8.22 Å². The molecule has 90 valence electrons. The number of benzene rings is 1. The molecule has 1 aromatic carbocycles. The minimum Gasteiger partial charge on any atom is -0.507 e. The van der Waals surface area contributed by atoms with Gasteiger partial charge in [0.1, 0.15) is 14.0 Å². The molecule has 0 radical (unpaired) electrons. The van der Waals surface area contributed by atoms with Crippen LogP contribution in [0.3, 0.4) is 0 Å². The highest BCUT2D eigenvalue weighted by atomic mass is 31.1. The predicted octanol–water partition coefficient (Wildman–Crippen LogP) is 3.03. The lowest BCUT2D eigenvalue weighted by molar-refractivity contribution is 0.479. The summed E-state index contributed by atoms with van der Waals surface area (Å²) in [5, 5.41) is 11.0. The molecule has 0 unspecified atom stereocenters. The van der Waals surface area contributed by atoms with E-state index in [9.17, 15) is 5.11 Å². The normalized spacial score (nSPS) is 10.9. The van der Waals surface area contributed by atoms with Crippen LogP contribution in [0.4, 0.5) is 0 Å². The monoisotopic (exact) mass is 256 g/mol. The van der Waals surface area contributed by atoms with Crippen LogP contribution < -0.4 is 5.30 Å². The van der Waals surface area contributed by atoms with Crippen LogP contribution in [0.1, 0.15) is 0 Å². The zero-order chi connectivity index (χ0) is 12.4. The van der Waals surface area contributed by atoms with Crippen LogP contribution in [0.25, 0.3) is 0 Å². The second kappa shape index (κ2) is 4.71. The van der Waals surface area contributed by atoms with Crippen LogP contribution in [0.15, 0.2) is 73.3 Å². The molecule has 2 heterocycles. The summed E-state index contributed by atoms with van der Waals surface area (Å²) in [6.45, 7) is 0. The van der Waals surface area contributed by atoms with Gasteiger partial charge >= 0.3 is 0 Å². The zero-order valence-corrected chi connectivity index (χ0v) is 10.6. The molecule has 3 nitrogen and oxygen atoms in total. The van der Waals surface area contributed by atoms with E-state index in [0.29, 0.717) is 5.75 Å². The second-order valence-electron chi connectivity index (χ2n) is 3.90. The Hall–Kier alpha value is -1.99. The van der Waals surface area contributed by atoms with E-state index in [1.165, 1.54) is 0 Å². The average Bonchev–Trinajstić information content (AvgIpc) is 3.05. The van der Waals surface area contributed by atoms with E-state index >= 15 is 0 Å². The minimum atomic E-state index is -0.809. The van der Waals surface area contributed by atoms with Crippen LogP contribution in [-0.4, -0.2) is 13.8 Å². The molecule has 3 aromatic rings. The molecule has 0 aliphatic carbocycles. The maximum Gasteiger partial charge on any atom is 0.140 e. The van der Waals surface area contributed by atoms with Crippen LogP contribution in [0, 0.1) is 0 Å². The van der Waals surface area contributed by atoms with E-state index in [4.69, 9.17) is 0 Å². The third kappa shape index (κ3) is 1.93. The summed E-state index contributed by atoms with van der Waals surface area (Å²) in [6.07, 6.45) is 8.10. The van der Waals surface area contributed by atoms with Gasteiger partial charge in [0.15, 0.2) is 0 Å². The van der Waals surface area contributed by atoms with Gasteiger partial charge in [-0.25, -0.2) is 0 Å². The van der Waals surface area contributed by atoms with Crippen molar-refractivity contribution >= 4 is 13.5 Å². The molecular weight excluding hydrogens is 243 g/mol. The van der Waals surface area contributed by atoms with E-state index in [1.54, 1.807) is 6.07 Å². The zero-order valence-electron chi connectivity index (χ0n) is 9.72. The smallest absolute Gasteiger partial charge is 0.140 e. The lowest BCUT2D eigenvalue weighted by Gasteiger charge is -2.21. The Bertz CT molecular complexity index is 583. The number of aromatic hydroxyl groups is 1. The van der Waals surface area contributed by atoms with Crippen LogP contribution in [0.2, 0.25) is 0 Å². The van der Waals surface area contributed by atoms with Gasteiger partial charge in [0.2, 0.25) is 0 Å². The first-order valence-electron chi connectivity index (χ1n) is 5.71. The van der Waals surface area contributed by atoms with Crippen molar-refractivity contribution in [3.63, 3.8) is 0 Å². The Morgan fingerprint density at radius 2 is 1.22 bits per heavy atom. The van der Waals surface area contributed by atoms with E-state index in [0.717, 1.165) is 5.30 Å². The Balaban J connectivity index is 2.15. The first-order chi connectivity index (χ1) is 8.86. The molecule has 3 rings (SSSR count). The highest BCUT2D eigenvalue weighted by Gasteiger charge is 2.17. The van der Waals surface area contributed by atoms with Gasteiger partial charge in [-0.3, -0.25) is 0 Å². The van der Waals surface area contributed by atoms with Gasteiger partial charge in [-0.2, -0.15) is 0 Å². The van der Waals surface area contributed by atoms with Gasteiger partial charge < -0.3 is 13.8 Å². The topological polar surface area (TPSA) is 30.1 Å². The summed E-state index contributed by atoms with van der Waals surface area (Å²) in [7, 11) is -0.809. The molecule has 0 aliphatic heterocycles. The molecule has 0 saturated carbocycles. The van der Waals surface area contributed by atoms with Crippen LogP contribution in [0.5, 0.6) is 5.75 Å². The maximum absolute atomic E-state index is 10.1. The maximum atomic E-state index is 10.1. The molecule has 4 heteroatoms. The molecule has 2 aromatic heterocycles. The quantitative estimate of drug-likeness (QED) is 0.717. The second-order valence-corrected chi connectivity index (χ2v) is 5.89. The molecule has 0 spiro atoms. The third-order valence-corrected chi connectivity index (χ3v) is 4.93. The van der Waals surface area contributed by atoms with Gasteiger partial charge in [0, 0.05) is 24.8 Å². The molecule has 0 bridgehead atoms. The number of phenols is 1. The summed E-state index contributed by atoms with van der Waals surface area (Å²) in [5.74, 6) is 0.339. The summed E-state index contributed by atoms with van der Waals surface area (Å²) < 4.78 is 4.26. The predicted molar refractivity (Wildman–Crippen MR) is 74.3 cm³/mol. The van der Waals surface area contributed by atoms with Crippen molar-refractivity contribution in [3.8, 4) is 5.75 Å². The fourth-order valence-corrected chi connectivity index (χ4v) is 3.95. The van der Waals surface area contributed by atoms with Crippen molar-refractivity contribution in [1.29, 1.82) is 0 Å². The molecule has 18 heavy (non-hydrogen) atoms. The molecule has 0 fully saturated rings. The molecule has 0 aliphatic rings. The number of rotatable bonds is 3. The Labute approximate surface area is 107 Å². The molecule has 1 N–H and O–H groups in total. The number of hydrogen-bond donors (Lipinski definition) is 1. The SMILES string of the molecule is Oc1ccccc1P(n1cccc1)n1cccc1. The van der Waals surface area contributed by atoms with Gasteiger partial charge in [0.05, 0.1) is 5.30 Å². The number of para-hydroxylation sites is 1. The van der Waals surface area contributed by atoms with E-state index in [1.807, 2.05) is 67.3 Å².